The third-order valence-corrected chi connectivity index (χ3v) is 9.60. The van der Waals surface area contributed by atoms with Gasteiger partial charge in [0.1, 0.15) is 13.2 Å². The monoisotopic (exact) mass is 855 g/mol. The number of unbranched alkanes of at least 4 members (excludes halogenated alkanes) is 15. The maximum absolute atomic E-state index is 12.8. The summed E-state index contributed by atoms with van der Waals surface area (Å²) in [5.74, 6) is -0.997. The Bertz CT molecular complexity index is 1400. The topological polar surface area (TPSA) is 78.9 Å². The number of ether oxygens (including phenoxy) is 3. The van der Waals surface area contributed by atoms with Gasteiger partial charge in [-0.25, -0.2) is 0 Å². The predicted octanol–water partition coefficient (Wildman–Crippen LogP) is 15.9. The fourth-order valence-electron chi connectivity index (χ4n) is 6.04. The van der Waals surface area contributed by atoms with E-state index in [1.54, 1.807) is 0 Å². The molecule has 0 aliphatic rings. The summed E-state index contributed by atoms with van der Waals surface area (Å²) in [7, 11) is 0. The highest BCUT2D eigenvalue weighted by atomic mass is 16.6. The van der Waals surface area contributed by atoms with E-state index >= 15 is 0 Å². The molecule has 0 aromatic heterocycles. The zero-order chi connectivity index (χ0) is 45.1. The summed E-state index contributed by atoms with van der Waals surface area (Å²) >= 11 is 0. The zero-order valence-electron chi connectivity index (χ0n) is 39.3. The molecular formula is C56H86O6. The second-order valence-electron chi connectivity index (χ2n) is 15.4. The van der Waals surface area contributed by atoms with Crippen LogP contribution in [0.3, 0.4) is 0 Å². The van der Waals surface area contributed by atoms with Crippen molar-refractivity contribution in [2.75, 3.05) is 13.2 Å². The molecule has 62 heavy (non-hydrogen) atoms. The molecule has 346 valence electrons. The molecule has 0 aliphatic heterocycles. The van der Waals surface area contributed by atoms with E-state index in [-0.39, 0.29) is 31.1 Å². The molecule has 6 nitrogen and oxygen atoms in total. The lowest BCUT2D eigenvalue weighted by molar-refractivity contribution is -0.167. The number of allylic oxidation sites excluding steroid dienone is 22. The Kier molecular flexibility index (Phi) is 45.7. The number of carbonyl (C=O) groups is 3. The average molecular weight is 855 g/mol. The Balaban J connectivity index is 4.55. The average Bonchev–Trinajstić information content (AvgIpc) is 3.27. The number of hydrogen-bond donors (Lipinski definition) is 0. The lowest BCUT2D eigenvalue weighted by Crippen LogP contribution is -2.30. The molecule has 0 bridgehead atoms. The van der Waals surface area contributed by atoms with Crippen molar-refractivity contribution in [3.63, 3.8) is 0 Å². The summed E-state index contributed by atoms with van der Waals surface area (Å²) in [5.41, 5.74) is 0. The van der Waals surface area contributed by atoms with E-state index in [1.807, 2.05) is 66.8 Å². The van der Waals surface area contributed by atoms with Gasteiger partial charge < -0.3 is 14.2 Å². The van der Waals surface area contributed by atoms with Crippen LogP contribution in [0.5, 0.6) is 0 Å². The van der Waals surface area contributed by atoms with Crippen LogP contribution < -0.4 is 0 Å². The summed E-state index contributed by atoms with van der Waals surface area (Å²) in [5, 5.41) is 0. The summed E-state index contributed by atoms with van der Waals surface area (Å²) in [4.78, 5) is 37.9. The number of rotatable bonds is 41. The van der Waals surface area contributed by atoms with Crippen molar-refractivity contribution < 1.29 is 28.6 Å². The Labute approximate surface area is 379 Å². The zero-order valence-corrected chi connectivity index (χ0v) is 39.3. The van der Waals surface area contributed by atoms with Crippen LogP contribution in [0.4, 0.5) is 0 Å². The summed E-state index contributed by atoms with van der Waals surface area (Å²) < 4.78 is 16.7. The second-order valence-corrected chi connectivity index (χ2v) is 15.4. The highest BCUT2D eigenvalue weighted by molar-refractivity contribution is 5.71. The second kappa shape index (κ2) is 49.2. The molecule has 1 unspecified atom stereocenters. The molecule has 0 saturated heterocycles. The van der Waals surface area contributed by atoms with E-state index < -0.39 is 6.10 Å². The molecule has 0 heterocycles. The first-order valence-corrected chi connectivity index (χ1v) is 24.3. The maximum atomic E-state index is 12.8. The molecule has 0 rings (SSSR count). The van der Waals surface area contributed by atoms with Gasteiger partial charge in [0.2, 0.25) is 0 Å². The third kappa shape index (κ3) is 46.6. The Morgan fingerprint density at radius 2 is 0.661 bits per heavy atom. The van der Waals surface area contributed by atoms with Gasteiger partial charge in [0.25, 0.3) is 0 Å². The van der Waals surface area contributed by atoms with Crippen molar-refractivity contribution in [3.8, 4) is 0 Å². The van der Waals surface area contributed by atoms with Gasteiger partial charge in [0.05, 0.1) is 0 Å². The SMILES string of the molecule is CC/C=C/C=C/C=C/C=C/C=C/C=C/CCCCCC(=O)OCC(COC(=O)CCCCCCC/C=C/C=C/C=C/CC)OC(=O)CCCCCCCCC/C=C/C/C=C/CC. The summed E-state index contributed by atoms with van der Waals surface area (Å²) in [6.45, 7) is 6.16. The third-order valence-electron chi connectivity index (χ3n) is 9.60. The molecule has 0 radical (unpaired) electrons. The van der Waals surface area contributed by atoms with Crippen LogP contribution in [0.25, 0.3) is 0 Å². The minimum atomic E-state index is -0.813. The highest BCUT2D eigenvalue weighted by Gasteiger charge is 2.19. The van der Waals surface area contributed by atoms with Crippen LogP contribution in [0, 0.1) is 0 Å². The van der Waals surface area contributed by atoms with Crippen LogP contribution in [-0.2, 0) is 28.6 Å². The smallest absolute Gasteiger partial charge is 0.306 e. The molecule has 0 aliphatic carbocycles. The molecule has 0 N–H and O–H groups in total. The molecule has 1 atom stereocenters. The van der Waals surface area contributed by atoms with Crippen LogP contribution >= 0.6 is 0 Å². The minimum Gasteiger partial charge on any atom is -0.462 e. The van der Waals surface area contributed by atoms with E-state index in [0.717, 1.165) is 116 Å². The highest BCUT2D eigenvalue weighted by Crippen LogP contribution is 2.13. The van der Waals surface area contributed by atoms with Gasteiger partial charge in [-0.05, 0) is 83.5 Å². The van der Waals surface area contributed by atoms with E-state index in [0.29, 0.717) is 19.3 Å². The Morgan fingerprint density at radius 3 is 1.10 bits per heavy atom. The van der Waals surface area contributed by atoms with E-state index in [9.17, 15) is 14.4 Å². The van der Waals surface area contributed by atoms with Crippen LogP contribution in [-0.4, -0.2) is 37.2 Å². The van der Waals surface area contributed by atoms with Gasteiger partial charge in [-0.1, -0.05) is 212 Å². The standard InChI is InChI=1S/C56H86O6/c1-4-7-10-13-16-19-22-25-27-28-29-32-34-37-40-43-46-49-55(58)61-52-53(51-60-54(57)48-45-42-39-36-33-30-24-21-18-15-12-9-6-3)62-56(59)50-47-44-41-38-35-31-26-23-20-17-14-11-8-5-2/h7-13,15-22,24-25,27-29,32,34,53H,4-6,14,23,26,30-31,33,35-52H2,1-3H3/b10-7+,11-8+,12-9+,16-13+,18-15+,20-17+,22-19+,24-21+,27-25+,29-28+,34-32+. The van der Waals surface area contributed by atoms with Crippen LogP contribution in [0.15, 0.2) is 134 Å². The van der Waals surface area contributed by atoms with Crippen molar-refractivity contribution in [1.29, 1.82) is 0 Å². The van der Waals surface area contributed by atoms with E-state index in [1.165, 1.54) is 25.7 Å². The van der Waals surface area contributed by atoms with Gasteiger partial charge in [-0.15, -0.1) is 0 Å². The van der Waals surface area contributed by atoms with E-state index in [4.69, 9.17) is 14.2 Å². The van der Waals surface area contributed by atoms with Gasteiger partial charge in [0, 0.05) is 19.3 Å². The molecule has 0 saturated carbocycles. The first kappa shape index (κ1) is 57.5. The van der Waals surface area contributed by atoms with E-state index in [2.05, 4.69) is 87.6 Å². The molecule has 0 aromatic rings. The van der Waals surface area contributed by atoms with Gasteiger partial charge >= 0.3 is 17.9 Å². The van der Waals surface area contributed by atoms with Gasteiger partial charge in [0.15, 0.2) is 6.10 Å². The maximum Gasteiger partial charge on any atom is 0.306 e. The molecule has 0 fully saturated rings. The van der Waals surface area contributed by atoms with Gasteiger partial charge in [-0.2, -0.15) is 0 Å². The van der Waals surface area contributed by atoms with Crippen LogP contribution in [0.2, 0.25) is 0 Å². The number of esters is 3. The quantitative estimate of drug-likeness (QED) is 0.0200. The van der Waals surface area contributed by atoms with Crippen molar-refractivity contribution in [3.05, 3.63) is 134 Å². The van der Waals surface area contributed by atoms with Crippen molar-refractivity contribution in [1.82, 2.24) is 0 Å². The largest absolute Gasteiger partial charge is 0.462 e. The summed E-state index contributed by atoms with van der Waals surface area (Å²) in [6, 6.07) is 0. The molecular weight excluding hydrogens is 769 g/mol. The number of carbonyl (C=O) groups excluding carboxylic acids is 3. The molecule has 0 amide bonds. The number of hydrogen-bond acceptors (Lipinski definition) is 6. The first-order chi connectivity index (χ1) is 30.5. The molecule has 0 aromatic carbocycles. The fraction of sp³-hybridized carbons (Fsp3) is 0.554. The summed E-state index contributed by atoms with van der Waals surface area (Å²) in [6.07, 6.45) is 68.6. The molecule has 6 heteroatoms. The van der Waals surface area contributed by atoms with Crippen molar-refractivity contribution in [2.24, 2.45) is 0 Å². The predicted molar refractivity (Wildman–Crippen MR) is 265 cm³/mol. The first-order valence-electron chi connectivity index (χ1n) is 24.3. The Hall–Kier alpha value is -4.45. The van der Waals surface area contributed by atoms with Crippen molar-refractivity contribution in [2.45, 2.75) is 187 Å². The fourth-order valence-corrected chi connectivity index (χ4v) is 6.04. The normalized spacial score (nSPS) is 13.3. The Morgan fingerprint density at radius 1 is 0.339 bits per heavy atom. The minimum absolute atomic E-state index is 0.112. The lowest BCUT2D eigenvalue weighted by Gasteiger charge is -2.18. The van der Waals surface area contributed by atoms with Crippen molar-refractivity contribution >= 4 is 17.9 Å². The lowest BCUT2D eigenvalue weighted by atomic mass is 10.1. The molecule has 0 spiro atoms. The van der Waals surface area contributed by atoms with Gasteiger partial charge in [-0.3, -0.25) is 14.4 Å². The van der Waals surface area contributed by atoms with Crippen LogP contribution in [0.1, 0.15) is 181 Å².